The average molecular weight is 393 g/mol. The molecule has 0 aliphatic heterocycles. The first-order chi connectivity index (χ1) is 14.2. The van der Waals surface area contributed by atoms with E-state index in [0.29, 0.717) is 18.0 Å². The second kappa shape index (κ2) is 8.70. The van der Waals surface area contributed by atoms with E-state index in [0.717, 1.165) is 23.1 Å². The molecule has 2 aromatic heterocycles. The number of benzene rings is 2. The number of nitrogens with one attached hydrogen (secondary N) is 2. The van der Waals surface area contributed by atoms with E-state index in [4.69, 9.17) is 9.26 Å². The second-order valence-electron chi connectivity index (χ2n) is 6.64. The molecule has 0 saturated carbocycles. The van der Waals surface area contributed by atoms with E-state index < -0.39 is 0 Å². The van der Waals surface area contributed by atoms with Crippen LogP contribution in [0.3, 0.4) is 0 Å². The Balaban J connectivity index is 1.20. The van der Waals surface area contributed by atoms with Gasteiger partial charge in [0.1, 0.15) is 18.1 Å². The summed E-state index contributed by atoms with van der Waals surface area (Å²) in [5.74, 6) is 0.0198. The Morgan fingerprint density at radius 1 is 1.17 bits per heavy atom. The number of aromatic nitrogens is 2. The molecule has 29 heavy (non-hydrogen) atoms. The van der Waals surface area contributed by atoms with Crippen LogP contribution < -0.4 is 5.32 Å². The Morgan fingerprint density at radius 3 is 2.86 bits per heavy atom. The van der Waals surface area contributed by atoms with Crippen LogP contribution in [-0.2, 0) is 22.6 Å². The van der Waals surface area contributed by atoms with Crippen molar-refractivity contribution in [2.24, 2.45) is 0 Å². The number of hydrogen-bond acceptors (Lipinski definition) is 4. The number of rotatable bonds is 8. The summed E-state index contributed by atoms with van der Waals surface area (Å²) in [5, 5.41) is 7.93. The summed E-state index contributed by atoms with van der Waals surface area (Å²) >= 11 is 0. The Hall–Kier alpha value is -3.45. The Kier molecular flexibility index (Phi) is 5.67. The second-order valence-corrected chi connectivity index (χ2v) is 6.64. The van der Waals surface area contributed by atoms with Crippen LogP contribution >= 0.6 is 0 Å². The lowest BCUT2D eigenvalue weighted by atomic mass is 10.1. The molecule has 7 heteroatoms. The summed E-state index contributed by atoms with van der Waals surface area (Å²) in [6.07, 6.45) is 2.71. The molecule has 0 fully saturated rings. The molecule has 148 valence electrons. The molecule has 0 saturated heterocycles. The van der Waals surface area contributed by atoms with Gasteiger partial charge in [-0.1, -0.05) is 23.4 Å². The van der Waals surface area contributed by atoms with Crippen LogP contribution in [-0.4, -0.2) is 29.2 Å². The van der Waals surface area contributed by atoms with Crippen molar-refractivity contribution in [1.29, 1.82) is 0 Å². The standard InChI is InChI=1S/C22H20FN3O3/c23-17-7-5-15(6-8-17)21-11-18(26-29-21)13-28-14-22(27)24-10-9-16-12-25-20-4-2-1-3-19(16)20/h1-8,11-12,25H,9-10,13-14H2,(H,24,27). The molecule has 0 bridgehead atoms. The van der Waals surface area contributed by atoms with Crippen LogP contribution in [0, 0.1) is 5.82 Å². The molecule has 0 radical (unpaired) electrons. The van der Waals surface area contributed by atoms with Gasteiger partial charge in [0.05, 0.1) is 6.61 Å². The predicted octanol–water partition coefficient (Wildman–Crippen LogP) is 3.84. The van der Waals surface area contributed by atoms with Crippen LogP contribution in [0.1, 0.15) is 11.3 Å². The number of carbonyl (C=O) groups is 1. The van der Waals surface area contributed by atoms with Crippen molar-refractivity contribution in [3.8, 4) is 11.3 Å². The van der Waals surface area contributed by atoms with E-state index in [1.807, 2.05) is 24.4 Å². The first kappa shape index (κ1) is 18.9. The minimum absolute atomic E-state index is 0.0629. The number of para-hydroxylation sites is 1. The molecule has 2 N–H and O–H groups in total. The third-order valence-corrected chi connectivity index (χ3v) is 4.56. The first-order valence-corrected chi connectivity index (χ1v) is 9.30. The van der Waals surface area contributed by atoms with Gasteiger partial charge in [0, 0.05) is 35.3 Å². The van der Waals surface area contributed by atoms with E-state index in [-0.39, 0.29) is 24.9 Å². The van der Waals surface area contributed by atoms with Gasteiger partial charge >= 0.3 is 0 Å². The first-order valence-electron chi connectivity index (χ1n) is 9.30. The maximum Gasteiger partial charge on any atom is 0.246 e. The molecule has 0 unspecified atom stereocenters. The Labute approximate surface area is 166 Å². The molecule has 1 amide bonds. The highest BCUT2D eigenvalue weighted by Gasteiger charge is 2.09. The molecule has 2 aromatic carbocycles. The molecule has 4 aromatic rings. The number of nitrogens with zero attached hydrogens (tertiary/aromatic N) is 1. The smallest absolute Gasteiger partial charge is 0.246 e. The van der Waals surface area contributed by atoms with Crippen LogP contribution in [0.4, 0.5) is 4.39 Å². The van der Waals surface area contributed by atoms with Crippen molar-refractivity contribution in [3.63, 3.8) is 0 Å². The van der Waals surface area contributed by atoms with E-state index >= 15 is 0 Å². The fourth-order valence-corrected chi connectivity index (χ4v) is 3.10. The highest BCUT2D eigenvalue weighted by molar-refractivity contribution is 5.83. The minimum atomic E-state index is -0.312. The van der Waals surface area contributed by atoms with Gasteiger partial charge in [0.25, 0.3) is 0 Å². The minimum Gasteiger partial charge on any atom is -0.365 e. The Morgan fingerprint density at radius 2 is 2.00 bits per heavy atom. The summed E-state index contributed by atoms with van der Waals surface area (Å²) in [4.78, 5) is 15.2. The van der Waals surface area contributed by atoms with Gasteiger partial charge < -0.3 is 19.6 Å². The fourth-order valence-electron chi connectivity index (χ4n) is 3.10. The van der Waals surface area contributed by atoms with E-state index in [2.05, 4.69) is 21.5 Å². The van der Waals surface area contributed by atoms with Crippen molar-refractivity contribution in [2.45, 2.75) is 13.0 Å². The quantitative estimate of drug-likeness (QED) is 0.477. The van der Waals surface area contributed by atoms with Gasteiger partial charge in [0.15, 0.2) is 5.76 Å². The normalized spacial score (nSPS) is 11.1. The molecule has 4 rings (SSSR count). The molecule has 0 atom stereocenters. The van der Waals surface area contributed by atoms with Gasteiger partial charge in [-0.25, -0.2) is 4.39 Å². The van der Waals surface area contributed by atoms with E-state index in [1.165, 1.54) is 17.5 Å². The number of ether oxygens (including phenoxy) is 1. The van der Waals surface area contributed by atoms with Crippen molar-refractivity contribution in [3.05, 3.63) is 77.9 Å². The number of halogens is 1. The monoisotopic (exact) mass is 393 g/mol. The topological polar surface area (TPSA) is 80.2 Å². The third kappa shape index (κ3) is 4.70. The molecule has 0 aliphatic carbocycles. The molecule has 0 aliphatic rings. The SMILES string of the molecule is O=C(COCc1cc(-c2ccc(F)cc2)on1)NCCc1c[nH]c2ccccc12. The van der Waals surface area contributed by atoms with E-state index in [9.17, 15) is 9.18 Å². The van der Waals surface area contributed by atoms with Crippen LogP contribution in [0.15, 0.2) is 65.3 Å². The zero-order chi connectivity index (χ0) is 20.1. The lowest BCUT2D eigenvalue weighted by molar-refractivity contribution is -0.126. The van der Waals surface area contributed by atoms with Crippen molar-refractivity contribution in [1.82, 2.24) is 15.5 Å². The number of H-pyrrole nitrogens is 1. The molecule has 2 heterocycles. The molecular weight excluding hydrogens is 373 g/mol. The predicted molar refractivity (Wildman–Crippen MR) is 107 cm³/mol. The maximum atomic E-state index is 13.0. The summed E-state index contributed by atoms with van der Waals surface area (Å²) in [6.45, 7) is 0.621. The van der Waals surface area contributed by atoms with Gasteiger partial charge in [-0.2, -0.15) is 0 Å². The Bertz CT molecular complexity index is 1100. The van der Waals surface area contributed by atoms with Crippen molar-refractivity contribution >= 4 is 16.8 Å². The zero-order valence-corrected chi connectivity index (χ0v) is 15.7. The summed E-state index contributed by atoms with van der Waals surface area (Å²) in [7, 11) is 0. The van der Waals surface area contributed by atoms with Crippen LogP contribution in [0.25, 0.3) is 22.2 Å². The van der Waals surface area contributed by atoms with Gasteiger partial charge in [0.2, 0.25) is 5.91 Å². The third-order valence-electron chi connectivity index (χ3n) is 4.56. The number of amides is 1. The van der Waals surface area contributed by atoms with Gasteiger partial charge in [-0.05, 0) is 42.3 Å². The average Bonchev–Trinajstić information content (AvgIpc) is 3.36. The van der Waals surface area contributed by atoms with Crippen molar-refractivity contribution in [2.75, 3.05) is 13.2 Å². The maximum absolute atomic E-state index is 13.0. The van der Waals surface area contributed by atoms with Gasteiger partial charge in [-0.3, -0.25) is 4.79 Å². The lowest BCUT2D eigenvalue weighted by Gasteiger charge is -2.05. The van der Waals surface area contributed by atoms with Gasteiger partial charge in [-0.15, -0.1) is 0 Å². The largest absolute Gasteiger partial charge is 0.365 e. The molecule has 6 nitrogen and oxygen atoms in total. The van der Waals surface area contributed by atoms with Crippen molar-refractivity contribution < 1.29 is 18.4 Å². The lowest BCUT2D eigenvalue weighted by Crippen LogP contribution is -2.29. The number of hydrogen-bond donors (Lipinski definition) is 2. The number of carbonyl (C=O) groups excluding carboxylic acids is 1. The number of fused-ring (bicyclic) bond motifs is 1. The zero-order valence-electron chi connectivity index (χ0n) is 15.7. The summed E-state index contributed by atoms with van der Waals surface area (Å²) in [5.41, 5.74) is 3.54. The highest BCUT2D eigenvalue weighted by Crippen LogP contribution is 2.21. The highest BCUT2D eigenvalue weighted by atomic mass is 19.1. The van der Waals surface area contributed by atoms with Crippen LogP contribution in [0.2, 0.25) is 0 Å². The molecule has 0 spiro atoms. The summed E-state index contributed by atoms with van der Waals surface area (Å²) < 4.78 is 23.6. The fraction of sp³-hybridized carbons (Fsp3) is 0.182. The summed E-state index contributed by atoms with van der Waals surface area (Å²) in [6, 6.07) is 15.7. The number of aromatic amines is 1. The van der Waals surface area contributed by atoms with E-state index in [1.54, 1.807) is 18.2 Å². The van der Waals surface area contributed by atoms with Crippen LogP contribution in [0.5, 0.6) is 0 Å². The molecular formula is C22H20FN3O3.